The first kappa shape index (κ1) is 23.4. The van der Waals surface area contributed by atoms with Gasteiger partial charge in [0.15, 0.2) is 0 Å². The summed E-state index contributed by atoms with van der Waals surface area (Å²) in [5.74, 6) is -0.257. The van der Waals surface area contributed by atoms with E-state index in [-0.39, 0.29) is 23.6 Å². The molecule has 0 fully saturated rings. The predicted molar refractivity (Wildman–Crippen MR) is 124 cm³/mol. The van der Waals surface area contributed by atoms with Crippen molar-refractivity contribution in [2.75, 3.05) is 14.2 Å². The van der Waals surface area contributed by atoms with Crippen LogP contribution in [0.3, 0.4) is 0 Å². The number of allylic oxidation sites excluding steroid dienone is 4. The molecule has 0 spiro atoms. The van der Waals surface area contributed by atoms with E-state index in [0.717, 1.165) is 24.5 Å². The molecule has 0 bridgehead atoms. The van der Waals surface area contributed by atoms with Crippen LogP contribution < -0.4 is 4.74 Å². The lowest BCUT2D eigenvalue weighted by Crippen LogP contribution is -2.28. The van der Waals surface area contributed by atoms with E-state index in [2.05, 4.69) is 5.10 Å². The molecule has 5 nitrogen and oxygen atoms in total. The highest BCUT2D eigenvalue weighted by molar-refractivity contribution is 6.02. The molecule has 0 radical (unpaired) electrons. The second kappa shape index (κ2) is 9.59. The fourth-order valence-corrected chi connectivity index (χ4v) is 3.97. The van der Waals surface area contributed by atoms with E-state index in [0.29, 0.717) is 11.4 Å². The van der Waals surface area contributed by atoms with Crippen molar-refractivity contribution in [2.45, 2.75) is 25.6 Å². The zero-order valence-corrected chi connectivity index (χ0v) is 18.8. The maximum absolute atomic E-state index is 13.7. The number of aromatic nitrogens is 2. The van der Waals surface area contributed by atoms with E-state index in [9.17, 15) is 18.0 Å². The SMILES string of the molecule is COc1c(C(=O)N(C)Cc2ccccc2C(F)(F)F)c(C2=CCCC=C2)nn1-c1ccccc1. The topological polar surface area (TPSA) is 47.4 Å². The Bertz CT molecular complexity index is 1240. The van der Waals surface area contributed by atoms with Crippen molar-refractivity contribution < 1.29 is 22.7 Å². The number of methoxy groups -OCH3 is 1. The maximum Gasteiger partial charge on any atom is 0.416 e. The largest absolute Gasteiger partial charge is 0.480 e. The highest BCUT2D eigenvalue weighted by Crippen LogP contribution is 2.35. The minimum atomic E-state index is -4.51. The van der Waals surface area contributed by atoms with Crippen molar-refractivity contribution in [1.29, 1.82) is 0 Å². The third-order valence-electron chi connectivity index (χ3n) is 5.60. The van der Waals surface area contributed by atoms with Gasteiger partial charge < -0.3 is 9.64 Å². The van der Waals surface area contributed by atoms with Gasteiger partial charge in [0.05, 0.1) is 18.4 Å². The van der Waals surface area contributed by atoms with Crippen molar-refractivity contribution in [1.82, 2.24) is 14.7 Å². The zero-order chi connectivity index (χ0) is 24.3. The predicted octanol–water partition coefficient (Wildman–Crippen LogP) is 5.91. The molecular formula is C26H24F3N3O2. The maximum atomic E-state index is 13.7. The van der Waals surface area contributed by atoms with Crippen LogP contribution >= 0.6 is 0 Å². The quantitative estimate of drug-likeness (QED) is 0.453. The Kier molecular flexibility index (Phi) is 6.58. The number of para-hydroxylation sites is 1. The molecule has 1 amide bonds. The molecule has 0 N–H and O–H groups in total. The highest BCUT2D eigenvalue weighted by Gasteiger charge is 2.34. The van der Waals surface area contributed by atoms with Crippen LogP contribution in [0, 0.1) is 0 Å². The summed E-state index contributed by atoms with van der Waals surface area (Å²) in [6.07, 6.45) is 3.06. The van der Waals surface area contributed by atoms with Crippen LogP contribution in [-0.4, -0.2) is 34.7 Å². The van der Waals surface area contributed by atoms with Gasteiger partial charge in [-0.25, -0.2) is 0 Å². The van der Waals surface area contributed by atoms with Gasteiger partial charge in [0.2, 0.25) is 5.88 Å². The Labute approximate surface area is 195 Å². The Morgan fingerprint density at radius 1 is 1.09 bits per heavy atom. The molecule has 1 aliphatic rings. The molecule has 0 aliphatic heterocycles. The Hall–Kier alpha value is -3.81. The fraction of sp³-hybridized carbons (Fsp3) is 0.231. The van der Waals surface area contributed by atoms with Crippen molar-refractivity contribution in [3.8, 4) is 11.6 Å². The minimum absolute atomic E-state index is 0.0126. The van der Waals surface area contributed by atoms with E-state index < -0.39 is 17.6 Å². The standard InChI is InChI=1S/C26H24F3N3O2/c1-31(17-19-13-9-10-16-21(19)26(27,28)29)24(33)22-23(18-11-5-3-6-12-18)30-32(25(22)34-2)20-14-7-4-8-15-20/h4-5,7-16H,3,6,17H2,1-2H3. The number of hydrogen-bond donors (Lipinski definition) is 0. The molecule has 3 aromatic rings. The average molecular weight is 467 g/mol. The molecule has 0 atom stereocenters. The monoisotopic (exact) mass is 467 g/mol. The zero-order valence-electron chi connectivity index (χ0n) is 18.8. The van der Waals surface area contributed by atoms with Gasteiger partial charge in [0.1, 0.15) is 11.3 Å². The van der Waals surface area contributed by atoms with Crippen LogP contribution in [0.5, 0.6) is 5.88 Å². The summed E-state index contributed by atoms with van der Waals surface area (Å²) >= 11 is 0. The molecule has 4 rings (SSSR count). The van der Waals surface area contributed by atoms with Crippen LogP contribution in [0.25, 0.3) is 11.3 Å². The summed E-state index contributed by atoms with van der Waals surface area (Å²) in [5.41, 5.74) is 1.35. The van der Waals surface area contributed by atoms with Crippen molar-refractivity contribution in [2.24, 2.45) is 0 Å². The Morgan fingerprint density at radius 2 is 1.79 bits per heavy atom. The van der Waals surface area contributed by atoms with Gasteiger partial charge >= 0.3 is 6.18 Å². The van der Waals surface area contributed by atoms with E-state index in [1.807, 2.05) is 48.6 Å². The fourth-order valence-electron chi connectivity index (χ4n) is 3.97. The second-order valence-corrected chi connectivity index (χ2v) is 7.94. The van der Waals surface area contributed by atoms with Crippen LogP contribution in [0.4, 0.5) is 13.2 Å². The third-order valence-corrected chi connectivity index (χ3v) is 5.60. The summed E-state index contributed by atoms with van der Waals surface area (Å²) in [6, 6.07) is 14.5. The Morgan fingerprint density at radius 3 is 2.44 bits per heavy atom. The van der Waals surface area contributed by atoms with Crippen LogP contribution in [-0.2, 0) is 12.7 Å². The summed E-state index contributed by atoms with van der Waals surface area (Å²) in [5, 5.41) is 4.69. The molecular weight excluding hydrogens is 443 g/mol. The molecule has 1 heterocycles. The summed E-state index contributed by atoms with van der Waals surface area (Å²) in [4.78, 5) is 14.9. The molecule has 0 saturated heterocycles. The Balaban J connectivity index is 1.78. The molecule has 0 unspecified atom stereocenters. The number of amides is 1. The first-order valence-electron chi connectivity index (χ1n) is 10.8. The van der Waals surface area contributed by atoms with Gasteiger partial charge in [-0.2, -0.15) is 23.0 Å². The minimum Gasteiger partial charge on any atom is -0.480 e. The molecule has 2 aromatic carbocycles. The number of hydrogen-bond acceptors (Lipinski definition) is 3. The van der Waals surface area contributed by atoms with Gasteiger partial charge in [0.25, 0.3) is 5.91 Å². The average Bonchev–Trinajstić information content (AvgIpc) is 3.24. The lowest BCUT2D eigenvalue weighted by atomic mass is 10.0. The van der Waals surface area contributed by atoms with Crippen LogP contribution in [0.15, 0.2) is 72.8 Å². The van der Waals surface area contributed by atoms with Crippen LogP contribution in [0.1, 0.15) is 40.0 Å². The number of halogens is 3. The third kappa shape index (κ3) is 4.62. The highest BCUT2D eigenvalue weighted by atomic mass is 19.4. The van der Waals surface area contributed by atoms with E-state index in [1.54, 1.807) is 4.68 Å². The first-order valence-corrected chi connectivity index (χ1v) is 10.8. The van der Waals surface area contributed by atoms with Gasteiger partial charge in [-0.1, -0.05) is 54.6 Å². The summed E-state index contributed by atoms with van der Waals surface area (Å²) in [6.45, 7) is -0.220. The molecule has 0 saturated carbocycles. The molecule has 34 heavy (non-hydrogen) atoms. The number of ether oxygens (including phenoxy) is 1. The summed E-state index contributed by atoms with van der Waals surface area (Å²) in [7, 11) is 2.92. The van der Waals surface area contributed by atoms with Gasteiger partial charge in [-0.3, -0.25) is 4.79 Å². The van der Waals surface area contributed by atoms with Crippen molar-refractivity contribution >= 4 is 11.5 Å². The lowest BCUT2D eigenvalue weighted by molar-refractivity contribution is -0.138. The van der Waals surface area contributed by atoms with Gasteiger partial charge in [0, 0.05) is 13.6 Å². The first-order chi connectivity index (χ1) is 16.3. The smallest absolute Gasteiger partial charge is 0.416 e. The molecule has 1 aromatic heterocycles. The normalized spacial score (nSPS) is 13.5. The van der Waals surface area contributed by atoms with Crippen LogP contribution in [0.2, 0.25) is 0 Å². The second-order valence-electron chi connectivity index (χ2n) is 7.94. The van der Waals surface area contributed by atoms with E-state index in [1.165, 1.54) is 37.3 Å². The number of carbonyl (C=O) groups excluding carboxylic acids is 1. The van der Waals surface area contributed by atoms with E-state index >= 15 is 0 Å². The summed E-state index contributed by atoms with van der Waals surface area (Å²) < 4.78 is 47.6. The van der Waals surface area contributed by atoms with Crippen molar-refractivity contribution in [3.05, 3.63) is 95.2 Å². The van der Waals surface area contributed by atoms with E-state index in [4.69, 9.17) is 4.74 Å². The lowest BCUT2D eigenvalue weighted by Gasteiger charge is -2.21. The van der Waals surface area contributed by atoms with Gasteiger partial charge in [-0.05, 0) is 42.2 Å². The number of alkyl halides is 3. The van der Waals surface area contributed by atoms with Gasteiger partial charge in [-0.15, -0.1) is 0 Å². The molecule has 1 aliphatic carbocycles. The number of carbonyl (C=O) groups is 1. The molecule has 8 heteroatoms. The molecule has 176 valence electrons. The number of benzene rings is 2. The van der Waals surface area contributed by atoms with Crippen molar-refractivity contribution in [3.63, 3.8) is 0 Å². The number of rotatable bonds is 6. The number of nitrogens with zero attached hydrogens (tertiary/aromatic N) is 3.